The van der Waals surface area contributed by atoms with Crippen molar-refractivity contribution in [2.24, 2.45) is 29.4 Å². The number of nitrogens with two attached hydrogens (primary N) is 1. The van der Waals surface area contributed by atoms with Crippen LogP contribution < -0.4 is 16.4 Å². The quantitative estimate of drug-likeness (QED) is 0.146. The van der Waals surface area contributed by atoms with E-state index in [1.165, 1.54) is 20.1 Å². The second-order valence-electron chi connectivity index (χ2n) is 13.4. The fourth-order valence-corrected chi connectivity index (χ4v) is 7.41. The SMILES string of the molecule is C=CCCC1=C2C[C@@H](C)C[C@H](C)[C@H](O)[C@@H](C)/C=C(\C)[C@H](OC(N)=O)[C@@H](C)/C=C\C=C(/C)C(=O)NC(=C(SC[C@H](NC(C)=O)C(=O)OC)C1=O)C2=O. The second-order valence-corrected chi connectivity index (χ2v) is 14.5. The molecule has 1 aliphatic heterocycles. The molecule has 0 unspecified atom stereocenters. The van der Waals surface area contributed by atoms with Crippen molar-refractivity contribution < 1.29 is 43.3 Å². The number of fused-ring (bicyclic) bond motifs is 2. The van der Waals surface area contributed by atoms with E-state index >= 15 is 0 Å². The summed E-state index contributed by atoms with van der Waals surface area (Å²) in [6.07, 6.45) is 7.27. The maximum absolute atomic E-state index is 14.4. The van der Waals surface area contributed by atoms with Crippen LogP contribution in [0, 0.1) is 23.7 Å². The van der Waals surface area contributed by atoms with Crippen LogP contribution in [-0.4, -0.2) is 71.7 Å². The van der Waals surface area contributed by atoms with Gasteiger partial charge in [0, 0.05) is 41.2 Å². The number of hydrogen-bond donors (Lipinski definition) is 4. The van der Waals surface area contributed by atoms with Crippen molar-refractivity contribution in [2.75, 3.05) is 12.9 Å². The summed E-state index contributed by atoms with van der Waals surface area (Å²) in [6.45, 7) is 15.9. The molecule has 51 heavy (non-hydrogen) atoms. The maximum Gasteiger partial charge on any atom is 0.405 e. The maximum atomic E-state index is 14.4. The van der Waals surface area contributed by atoms with Crippen LogP contribution in [0.4, 0.5) is 4.79 Å². The number of carbonyl (C=O) groups is 6. The van der Waals surface area contributed by atoms with Crippen molar-refractivity contribution >= 4 is 47.2 Å². The van der Waals surface area contributed by atoms with Gasteiger partial charge in [-0.05, 0) is 56.9 Å². The summed E-state index contributed by atoms with van der Waals surface area (Å²) in [5.74, 6) is -4.09. The fourth-order valence-electron chi connectivity index (χ4n) is 6.32. The molecule has 0 fully saturated rings. The average Bonchev–Trinajstić information content (AvgIpc) is 3.06. The monoisotopic (exact) mass is 727 g/mol. The molecule has 13 heteroatoms. The Morgan fingerprint density at radius 1 is 1.14 bits per heavy atom. The molecule has 2 rings (SSSR count). The summed E-state index contributed by atoms with van der Waals surface area (Å²) in [5.41, 5.74) is 6.64. The van der Waals surface area contributed by atoms with E-state index in [4.69, 9.17) is 15.2 Å². The predicted molar refractivity (Wildman–Crippen MR) is 197 cm³/mol. The number of carbonyl (C=O) groups excluding carboxylic acids is 6. The Kier molecular flexibility index (Phi) is 16.8. The molecular formula is C38H53N3O9S. The van der Waals surface area contributed by atoms with Gasteiger partial charge in [0.15, 0.2) is 5.78 Å². The largest absolute Gasteiger partial charge is 0.467 e. The molecule has 7 atom stereocenters. The molecule has 2 bridgehead atoms. The molecule has 0 spiro atoms. The Morgan fingerprint density at radius 2 is 1.80 bits per heavy atom. The van der Waals surface area contributed by atoms with Crippen molar-refractivity contribution in [3.63, 3.8) is 0 Å². The minimum Gasteiger partial charge on any atom is -0.467 e. The third kappa shape index (κ3) is 12.2. The van der Waals surface area contributed by atoms with Gasteiger partial charge in [-0.2, -0.15) is 0 Å². The standard InChI is InChI=1S/C38H53N3O9S/c1-10-11-15-27-28-17-20(2)16-23(5)31(43)24(6)18-25(7)34(50-38(39)48)21(3)13-12-14-22(4)36(46)41-30(32(28)44)35(33(27)45)51-19-29(37(47)49-9)40-26(8)42/h10,12-14,18,20-21,23-24,29,31,34,43H,1,11,15-17,19H2,2-9H3,(H2,39,48)(H,40,42)(H,41,46)/b13-12-,22-14+,25-18+/t20-,21-,23-,24-,29-,31-,34+/m0/s1. The first-order chi connectivity index (χ1) is 23.9. The Balaban J connectivity index is 2.75. The van der Waals surface area contributed by atoms with Gasteiger partial charge in [0.1, 0.15) is 17.8 Å². The van der Waals surface area contributed by atoms with Crippen LogP contribution in [0.1, 0.15) is 74.1 Å². The van der Waals surface area contributed by atoms with Gasteiger partial charge in [-0.15, -0.1) is 18.3 Å². The highest BCUT2D eigenvalue weighted by molar-refractivity contribution is 8.04. The number of allylic oxidation sites excluding steroid dienone is 6. The lowest BCUT2D eigenvalue weighted by Crippen LogP contribution is -2.42. The van der Waals surface area contributed by atoms with Crippen LogP contribution in [0.3, 0.4) is 0 Å². The van der Waals surface area contributed by atoms with Crippen molar-refractivity contribution in [3.05, 3.63) is 69.9 Å². The molecule has 0 saturated carbocycles. The molecule has 2 aliphatic rings. The predicted octanol–water partition coefficient (Wildman–Crippen LogP) is 4.75. The third-order valence-corrected chi connectivity index (χ3v) is 10.1. The van der Waals surface area contributed by atoms with Crippen LogP contribution >= 0.6 is 11.8 Å². The van der Waals surface area contributed by atoms with Gasteiger partial charge >= 0.3 is 12.1 Å². The molecule has 0 saturated heterocycles. The van der Waals surface area contributed by atoms with Gasteiger partial charge in [0.05, 0.1) is 18.1 Å². The molecule has 12 nitrogen and oxygen atoms in total. The molecule has 0 radical (unpaired) electrons. The topological polar surface area (TPSA) is 191 Å². The number of esters is 1. The Hall–Kier alpha value is -4.23. The van der Waals surface area contributed by atoms with Crippen LogP contribution in [-0.2, 0) is 33.4 Å². The fraction of sp³-hybridized carbons (Fsp3) is 0.526. The summed E-state index contributed by atoms with van der Waals surface area (Å²) in [7, 11) is 1.17. The van der Waals surface area contributed by atoms with Crippen molar-refractivity contribution in [1.29, 1.82) is 0 Å². The van der Waals surface area contributed by atoms with E-state index in [0.29, 0.717) is 18.4 Å². The lowest BCUT2D eigenvalue weighted by atomic mass is 9.80. The Morgan fingerprint density at radius 3 is 2.39 bits per heavy atom. The number of rotatable bonds is 9. The van der Waals surface area contributed by atoms with E-state index in [0.717, 1.165) is 11.8 Å². The number of ether oxygens (including phenoxy) is 2. The van der Waals surface area contributed by atoms with E-state index in [-0.39, 0.29) is 69.6 Å². The normalized spacial score (nSPS) is 28.8. The van der Waals surface area contributed by atoms with E-state index in [1.807, 2.05) is 33.8 Å². The van der Waals surface area contributed by atoms with Crippen molar-refractivity contribution in [3.8, 4) is 0 Å². The Labute approximate surface area is 305 Å². The molecule has 0 aromatic rings. The highest BCUT2D eigenvalue weighted by Crippen LogP contribution is 2.37. The van der Waals surface area contributed by atoms with Gasteiger partial charge in [0.25, 0.3) is 5.91 Å². The van der Waals surface area contributed by atoms with Crippen molar-refractivity contribution in [2.45, 2.75) is 92.4 Å². The van der Waals surface area contributed by atoms with E-state index < -0.39 is 53.7 Å². The molecule has 0 aromatic carbocycles. The summed E-state index contributed by atoms with van der Waals surface area (Å²) in [6, 6.07) is -1.13. The van der Waals surface area contributed by atoms with E-state index in [2.05, 4.69) is 17.2 Å². The molecule has 280 valence electrons. The summed E-state index contributed by atoms with van der Waals surface area (Å²) in [4.78, 5) is 78.2. The number of aliphatic hydroxyl groups excluding tert-OH is 1. The number of amides is 3. The zero-order valence-electron chi connectivity index (χ0n) is 30.9. The van der Waals surface area contributed by atoms with E-state index in [9.17, 15) is 33.9 Å². The number of primary amides is 1. The molecule has 1 aliphatic carbocycles. The lowest BCUT2D eigenvalue weighted by molar-refractivity contribution is -0.144. The lowest BCUT2D eigenvalue weighted by Gasteiger charge is -2.29. The number of hydrogen-bond acceptors (Lipinski definition) is 10. The molecule has 1 heterocycles. The summed E-state index contributed by atoms with van der Waals surface area (Å²) < 4.78 is 10.3. The first kappa shape index (κ1) is 42.9. The van der Waals surface area contributed by atoms with Gasteiger partial charge in [-0.3, -0.25) is 19.2 Å². The second kappa shape index (κ2) is 20.0. The summed E-state index contributed by atoms with van der Waals surface area (Å²) in [5, 5.41) is 16.5. The molecular weight excluding hydrogens is 674 g/mol. The highest BCUT2D eigenvalue weighted by atomic mass is 32.2. The smallest absolute Gasteiger partial charge is 0.405 e. The van der Waals surface area contributed by atoms with Crippen LogP contribution in [0.25, 0.3) is 0 Å². The number of nitrogens with one attached hydrogen (secondary N) is 2. The molecule has 0 aromatic heterocycles. The van der Waals surface area contributed by atoms with Gasteiger partial charge in [-0.25, -0.2) is 9.59 Å². The van der Waals surface area contributed by atoms with E-state index in [1.54, 1.807) is 32.1 Å². The minimum atomic E-state index is -1.13. The third-order valence-electron chi connectivity index (χ3n) is 8.93. The first-order valence-electron chi connectivity index (χ1n) is 17.1. The number of methoxy groups -OCH3 is 1. The molecule has 3 amide bonds. The zero-order chi connectivity index (χ0) is 38.6. The van der Waals surface area contributed by atoms with Gasteiger partial charge in [-0.1, -0.05) is 58.1 Å². The average molecular weight is 728 g/mol. The van der Waals surface area contributed by atoms with Gasteiger partial charge < -0.3 is 30.9 Å². The summed E-state index contributed by atoms with van der Waals surface area (Å²) >= 11 is 0.873. The molecule has 5 N–H and O–H groups in total. The number of ketones is 2. The first-order valence-corrected chi connectivity index (χ1v) is 18.0. The van der Waals surface area contributed by atoms with Crippen LogP contribution in [0.5, 0.6) is 0 Å². The Bertz CT molecular complexity index is 1540. The van der Waals surface area contributed by atoms with Crippen LogP contribution in [0.2, 0.25) is 0 Å². The number of thioether (sulfide) groups is 1. The van der Waals surface area contributed by atoms with Crippen LogP contribution in [0.15, 0.2) is 69.9 Å². The van der Waals surface area contributed by atoms with Crippen molar-refractivity contribution in [1.82, 2.24) is 10.6 Å². The minimum absolute atomic E-state index is 0.0588. The zero-order valence-corrected chi connectivity index (χ0v) is 31.7. The number of Topliss-reactive ketones (excluding diaryl/α,β-unsaturated/α-hetero) is 2. The van der Waals surface area contributed by atoms with Gasteiger partial charge in [0.2, 0.25) is 11.7 Å². The number of aliphatic hydroxyl groups is 1. The highest BCUT2D eigenvalue weighted by Gasteiger charge is 2.37.